The van der Waals surface area contributed by atoms with Gasteiger partial charge in [0.25, 0.3) is 0 Å². The van der Waals surface area contributed by atoms with Gasteiger partial charge >= 0.3 is 0 Å². The highest BCUT2D eigenvalue weighted by molar-refractivity contribution is 5.89. The normalized spacial score (nSPS) is 19.2. The second kappa shape index (κ2) is 12.0. The molecule has 0 amide bonds. The summed E-state index contributed by atoms with van der Waals surface area (Å²) >= 11 is 0. The zero-order valence-electron chi connectivity index (χ0n) is 16.4. The monoisotopic (exact) mass is 332 g/mol. The molecule has 0 N–H and O–H groups in total. The molecular formula is C22H36O2. The predicted octanol–water partition coefficient (Wildman–Crippen LogP) is 6.23. The molecular weight excluding hydrogens is 296 g/mol. The molecule has 136 valence electrons. The number of rotatable bonds is 8. The van der Waals surface area contributed by atoms with Crippen LogP contribution < -0.4 is 0 Å². The molecule has 1 rings (SSSR count). The third-order valence-corrected chi connectivity index (χ3v) is 4.54. The number of hydrogen-bond acceptors (Lipinski definition) is 2. The SMILES string of the molecule is C=CCCC(=O)C=CC1C(C)=CCCC1(C)C.CCCCC(C)=O. The Kier molecular flexibility index (Phi) is 11.3. The Labute approximate surface area is 149 Å². The number of ketones is 2. The van der Waals surface area contributed by atoms with E-state index in [0.717, 1.165) is 32.1 Å². The van der Waals surface area contributed by atoms with E-state index in [-0.39, 0.29) is 11.2 Å². The van der Waals surface area contributed by atoms with E-state index < -0.39 is 0 Å². The number of unbranched alkanes of at least 4 members (excludes halogenated alkanes) is 1. The first-order chi connectivity index (χ1) is 11.2. The van der Waals surface area contributed by atoms with Crippen LogP contribution in [0.1, 0.15) is 79.6 Å². The third kappa shape index (κ3) is 9.64. The summed E-state index contributed by atoms with van der Waals surface area (Å²) in [6.45, 7) is 14.1. The summed E-state index contributed by atoms with van der Waals surface area (Å²) in [7, 11) is 0. The van der Waals surface area contributed by atoms with Gasteiger partial charge in [0.05, 0.1) is 0 Å². The average molecular weight is 333 g/mol. The summed E-state index contributed by atoms with van der Waals surface area (Å²) in [5.41, 5.74) is 1.67. The lowest BCUT2D eigenvalue weighted by Gasteiger charge is -2.36. The van der Waals surface area contributed by atoms with E-state index in [2.05, 4.69) is 46.4 Å². The van der Waals surface area contributed by atoms with Crippen LogP contribution in [0.5, 0.6) is 0 Å². The molecule has 0 heterocycles. The smallest absolute Gasteiger partial charge is 0.155 e. The van der Waals surface area contributed by atoms with E-state index >= 15 is 0 Å². The fraction of sp³-hybridized carbons (Fsp3) is 0.636. The first-order valence-electron chi connectivity index (χ1n) is 9.22. The first kappa shape index (κ1) is 22.6. The van der Waals surface area contributed by atoms with E-state index in [1.165, 1.54) is 12.0 Å². The van der Waals surface area contributed by atoms with E-state index in [0.29, 0.717) is 18.1 Å². The molecule has 1 aliphatic rings. The fourth-order valence-electron chi connectivity index (χ4n) is 2.94. The van der Waals surface area contributed by atoms with Crippen LogP contribution in [0.3, 0.4) is 0 Å². The summed E-state index contributed by atoms with van der Waals surface area (Å²) in [6, 6.07) is 0. The van der Waals surface area contributed by atoms with Crippen molar-refractivity contribution in [2.45, 2.75) is 79.6 Å². The van der Waals surface area contributed by atoms with Gasteiger partial charge in [-0.15, -0.1) is 6.58 Å². The molecule has 0 aliphatic heterocycles. The third-order valence-electron chi connectivity index (χ3n) is 4.54. The second-order valence-corrected chi connectivity index (χ2v) is 7.41. The van der Waals surface area contributed by atoms with Crippen molar-refractivity contribution in [1.29, 1.82) is 0 Å². The van der Waals surface area contributed by atoms with Crippen molar-refractivity contribution in [2.75, 3.05) is 0 Å². The second-order valence-electron chi connectivity index (χ2n) is 7.41. The van der Waals surface area contributed by atoms with Crippen LogP contribution in [-0.4, -0.2) is 11.6 Å². The van der Waals surface area contributed by atoms with Gasteiger partial charge in [-0.3, -0.25) is 4.79 Å². The van der Waals surface area contributed by atoms with Gasteiger partial charge in [0.1, 0.15) is 5.78 Å². The lowest BCUT2D eigenvalue weighted by molar-refractivity contribution is -0.117. The maximum atomic E-state index is 11.6. The number of hydrogen-bond donors (Lipinski definition) is 0. The Morgan fingerprint density at radius 2 is 2.00 bits per heavy atom. The molecule has 0 spiro atoms. The van der Waals surface area contributed by atoms with Crippen molar-refractivity contribution >= 4 is 11.6 Å². The van der Waals surface area contributed by atoms with Crippen LogP contribution in [0.25, 0.3) is 0 Å². The summed E-state index contributed by atoms with van der Waals surface area (Å²) in [5.74, 6) is 0.921. The highest BCUT2D eigenvalue weighted by Crippen LogP contribution is 2.41. The van der Waals surface area contributed by atoms with Gasteiger partial charge in [-0.2, -0.15) is 0 Å². The molecule has 1 aliphatic carbocycles. The summed E-state index contributed by atoms with van der Waals surface area (Å²) in [5, 5.41) is 0. The quantitative estimate of drug-likeness (QED) is 0.390. The summed E-state index contributed by atoms with van der Waals surface area (Å²) in [4.78, 5) is 21.8. The minimum atomic E-state index is 0.207. The number of allylic oxidation sites excluding steroid dienone is 5. The van der Waals surface area contributed by atoms with Gasteiger partial charge in [0, 0.05) is 18.8 Å². The minimum Gasteiger partial charge on any atom is -0.300 e. The Balaban J connectivity index is 0.000000640. The van der Waals surface area contributed by atoms with Crippen molar-refractivity contribution in [3.05, 3.63) is 36.5 Å². The number of Topliss-reactive ketones (excluding diaryl/α,β-unsaturated/α-hetero) is 1. The van der Waals surface area contributed by atoms with Gasteiger partial charge in [0.2, 0.25) is 0 Å². The molecule has 0 saturated heterocycles. The molecule has 1 unspecified atom stereocenters. The predicted molar refractivity (Wildman–Crippen MR) is 104 cm³/mol. The van der Waals surface area contributed by atoms with Gasteiger partial charge in [-0.05, 0) is 51.0 Å². The number of carbonyl (C=O) groups is 2. The lowest BCUT2D eigenvalue weighted by atomic mass is 9.68. The Morgan fingerprint density at radius 1 is 1.33 bits per heavy atom. The highest BCUT2D eigenvalue weighted by atomic mass is 16.1. The van der Waals surface area contributed by atoms with Gasteiger partial charge < -0.3 is 4.79 Å². The molecule has 1 atom stereocenters. The van der Waals surface area contributed by atoms with E-state index in [4.69, 9.17) is 0 Å². The van der Waals surface area contributed by atoms with Gasteiger partial charge in [0.15, 0.2) is 5.78 Å². The zero-order chi connectivity index (χ0) is 18.6. The van der Waals surface area contributed by atoms with E-state index in [1.54, 1.807) is 19.1 Å². The standard InChI is InChI=1S/C16H24O.C6H12O/c1-5-6-9-14(17)10-11-15-13(2)8-7-12-16(15,3)4;1-3-4-5-6(2)7/h5,8,10-11,15H,1,6-7,9,12H2,2-4H3;3-5H2,1-2H3. The van der Waals surface area contributed by atoms with Crippen LogP contribution >= 0.6 is 0 Å². The molecule has 24 heavy (non-hydrogen) atoms. The zero-order valence-corrected chi connectivity index (χ0v) is 16.4. The van der Waals surface area contributed by atoms with Crippen LogP contribution in [0, 0.1) is 11.3 Å². The van der Waals surface area contributed by atoms with Crippen LogP contribution in [0.15, 0.2) is 36.5 Å². The van der Waals surface area contributed by atoms with Crippen molar-refractivity contribution in [2.24, 2.45) is 11.3 Å². The maximum absolute atomic E-state index is 11.6. The molecule has 2 heteroatoms. The highest BCUT2D eigenvalue weighted by Gasteiger charge is 2.30. The molecule has 0 radical (unpaired) electrons. The molecule has 0 aromatic carbocycles. The number of carbonyl (C=O) groups excluding carboxylic acids is 2. The average Bonchev–Trinajstić information content (AvgIpc) is 2.50. The van der Waals surface area contributed by atoms with Crippen molar-refractivity contribution in [1.82, 2.24) is 0 Å². The molecule has 0 aromatic heterocycles. The molecule has 2 nitrogen and oxygen atoms in total. The van der Waals surface area contributed by atoms with Crippen molar-refractivity contribution in [3.8, 4) is 0 Å². The minimum absolute atomic E-state index is 0.207. The topological polar surface area (TPSA) is 34.1 Å². The van der Waals surface area contributed by atoms with Gasteiger partial charge in [-0.25, -0.2) is 0 Å². The van der Waals surface area contributed by atoms with Crippen molar-refractivity contribution in [3.63, 3.8) is 0 Å². The maximum Gasteiger partial charge on any atom is 0.155 e. The lowest BCUT2D eigenvalue weighted by Crippen LogP contribution is -2.26. The molecule has 0 fully saturated rings. The molecule has 0 aromatic rings. The Bertz CT molecular complexity index is 466. The van der Waals surface area contributed by atoms with E-state index in [9.17, 15) is 9.59 Å². The largest absolute Gasteiger partial charge is 0.300 e. The first-order valence-corrected chi connectivity index (χ1v) is 9.22. The summed E-state index contributed by atoms with van der Waals surface area (Å²) in [6.07, 6.45) is 14.6. The molecule has 0 bridgehead atoms. The van der Waals surface area contributed by atoms with Crippen LogP contribution in [-0.2, 0) is 9.59 Å². The fourth-order valence-corrected chi connectivity index (χ4v) is 2.94. The summed E-state index contributed by atoms with van der Waals surface area (Å²) < 4.78 is 0. The van der Waals surface area contributed by atoms with Crippen LogP contribution in [0.2, 0.25) is 0 Å². The van der Waals surface area contributed by atoms with Gasteiger partial charge in [-0.1, -0.05) is 51.0 Å². The Morgan fingerprint density at radius 3 is 2.46 bits per heavy atom. The van der Waals surface area contributed by atoms with Crippen molar-refractivity contribution < 1.29 is 9.59 Å². The van der Waals surface area contributed by atoms with E-state index in [1.807, 2.05) is 0 Å². The van der Waals surface area contributed by atoms with Crippen LogP contribution in [0.4, 0.5) is 0 Å². The Hall–Kier alpha value is -1.44. The molecule has 0 saturated carbocycles.